The summed E-state index contributed by atoms with van der Waals surface area (Å²) >= 11 is 0. The van der Waals surface area contributed by atoms with Gasteiger partial charge in [0.1, 0.15) is 0 Å². The van der Waals surface area contributed by atoms with E-state index in [0.29, 0.717) is 6.54 Å². The van der Waals surface area contributed by atoms with Crippen molar-refractivity contribution < 1.29 is 0 Å². The fraction of sp³-hybridized carbons (Fsp3) is 0.238. The predicted molar refractivity (Wildman–Crippen MR) is 106 cm³/mol. The van der Waals surface area contributed by atoms with Gasteiger partial charge in [0.25, 0.3) is 0 Å². The fourth-order valence-corrected chi connectivity index (χ4v) is 2.85. The third-order valence-corrected chi connectivity index (χ3v) is 4.16. The monoisotopic (exact) mass is 347 g/mol. The van der Waals surface area contributed by atoms with Gasteiger partial charge in [0.2, 0.25) is 0 Å². The minimum atomic E-state index is 0.695. The maximum absolute atomic E-state index is 4.45. The van der Waals surface area contributed by atoms with Crippen LogP contribution in [-0.2, 0) is 19.6 Å². The molecule has 5 nitrogen and oxygen atoms in total. The Labute approximate surface area is 155 Å². The van der Waals surface area contributed by atoms with E-state index in [-0.39, 0.29) is 0 Å². The molecule has 134 valence electrons. The van der Waals surface area contributed by atoms with Crippen LogP contribution in [0.1, 0.15) is 16.7 Å². The molecule has 0 aliphatic carbocycles. The van der Waals surface area contributed by atoms with Crippen molar-refractivity contribution in [1.82, 2.24) is 20.0 Å². The lowest BCUT2D eigenvalue weighted by Gasteiger charge is -2.22. The van der Waals surface area contributed by atoms with Gasteiger partial charge in [-0.25, -0.2) is 0 Å². The molecule has 5 heteroatoms. The van der Waals surface area contributed by atoms with Crippen molar-refractivity contribution in [3.05, 3.63) is 89.7 Å². The van der Waals surface area contributed by atoms with Crippen LogP contribution >= 0.6 is 0 Å². The molecule has 0 fully saturated rings. The number of rotatable bonds is 6. The van der Waals surface area contributed by atoms with Gasteiger partial charge in [-0.05, 0) is 11.1 Å². The largest absolute Gasteiger partial charge is 0.352 e. The zero-order valence-corrected chi connectivity index (χ0v) is 15.3. The summed E-state index contributed by atoms with van der Waals surface area (Å²) in [6, 6.07) is 20.7. The molecule has 1 heterocycles. The Bertz CT molecular complexity index is 824. The van der Waals surface area contributed by atoms with Gasteiger partial charge in [-0.3, -0.25) is 9.67 Å². The standard InChI is InChI=1S/C21H25N5/c1-22-21(25(2)15-18-9-5-3-6-10-18)23-13-20-14-24-26(17-20)16-19-11-7-4-8-12-19/h3-12,14,17H,13,15-16H2,1-2H3,(H,22,23). The molecule has 0 saturated carbocycles. The highest BCUT2D eigenvalue weighted by atomic mass is 15.3. The third kappa shape index (κ3) is 4.96. The van der Waals surface area contributed by atoms with Crippen LogP contribution in [0.3, 0.4) is 0 Å². The van der Waals surface area contributed by atoms with Crippen LogP contribution in [0.2, 0.25) is 0 Å². The van der Waals surface area contributed by atoms with Gasteiger partial charge in [0.15, 0.2) is 5.96 Å². The molecule has 0 unspecified atom stereocenters. The van der Waals surface area contributed by atoms with Crippen LogP contribution in [0, 0.1) is 0 Å². The number of benzene rings is 2. The molecule has 0 amide bonds. The smallest absolute Gasteiger partial charge is 0.193 e. The minimum absolute atomic E-state index is 0.695. The molecule has 1 N–H and O–H groups in total. The van der Waals surface area contributed by atoms with Crippen LogP contribution < -0.4 is 5.32 Å². The van der Waals surface area contributed by atoms with Crippen LogP contribution in [-0.4, -0.2) is 34.7 Å². The number of aromatic nitrogens is 2. The maximum Gasteiger partial charge on any atom is 0.193 e. The maximum atomic E-state index is 4.45. The molecule has 0 saturated heterocycles. The molecule has 3 aromatic rings. The summed E-state index contributed by atoms with van der Waals surface area (Å²) in [5, 5.41) is 7.86. The van der Waals surface area contributed by atoms with Gasteiger partial charge in [-0.15, -0.1) is 0 Å². The van der Waals surface area contributed by atoms with E-state index in [1.54, 1.807) is 0 Å². The Morgan fingerprint density at radius 3 is 2.31 bits per heavy atom. The van der Waals surface area contributed by atoms with Crippen molar-refractivity contribution in [2.45, 2.75) is 19.6 Å². The number of nitrogens with zero attached hydrogens (tertiary/aromatic N) is 4. The van der Waals surface area contributed by atoms with Crippen molar-refractivity contribution in [2.24, 2.45) is 4.99 Å². The lowest BCUT2D eigenvalue weighted by molar-refractivity contribution is 0.476. The SMILES string of the molecule is CN=C(NCc1cnn(Cc2ccccc2)c1)N(C)Cc1ccccc1. The summed E-state index contributed by atoms with van der Waals surface area (Å²) in [6.45, 7) is 2.29. The molecule has 1 aromatic heterocycles. The van der Waals surface area contributed by atoms with Gasteiger partial charge in [-0.1, -0.05) is 60.7 Å². The number of guanidine groups is 1. The quantitative estimate of drug-likeness (QED) is 0.550. The van der Waals surface area contributed by atoms with Crippen molar-refractivity contribution in [3.8, 4) is 0 Å². The first-order valence-electron chi connectivity index (χ1n) is 8.75. The van der Waals surface area contributed by atoms with Crippen LogP contribution in [0.15, 0.2) is 78.0 Å². The third-order valence-electron chi connectivity index (χ3n) is 4.16. The van der Waals surface area contributed by atoms with Crippen molar-refractivity contribution in [1.29, 1.82) is 0 Å². The highest BCUT2D eigenvalue weighted by Gasteiger charge is 2.07. The van der Waals surface area contributed by atoms with Gasteiger partial charge in [-0.2, -0.15) is 5.10 Å². The van der Waals surface area contributed by atoms with E-state index in [0.717, 1.165) is 24.6 Å². The fourth-order valence-electron chi connectivity index (χ4n) is 2.85. The zero-order chi connectivity index (χ0) is 18.2. The van der Waals surface area contributed by atoms with Crippen molar-refractivity contribution in [2.75, 3.05) is 14.1 Å². The molecule has 0 radical (unpaired) electrons. The Kier molecular flexibility index (Phi) is 6.04. The van der Waals surface area contributed by atoms with E-state index in [2.05, 4.69) is 62.9 Å². The van der Waals surface area contributed by atoms with E-state index < -0.39 is 0 Å². The van der Waals surface area contributed by atoms with Crippen LogP contribution in [0.4, 0.5) is 0 Å². The van der Waals surface area contributed by atoms with E-state index in [1.807, 2.05) is 49.2 Å². The molecule has 0 aliphatic heterocycles. The summed E-state index contributed by atoms with van der Waals surface area (Å²) in [5.74, 6) is 0.865. The average molecular weight is 347 g/mol. The van der Waals surface area contributed by atoms with E-state index in [9.17, 15) is 0 Å². The first kappa shape index (κ1) is 17.7. The zero-order valence-electron chi connectivity index (χ0n) is 15.3. The number of nitrogens with one attached hydrogen (secondary N) is 1. The summed E-state index contributed by atoms with van der Waals surface area (Å²) in [6.07, 6.45) is 3.98. The van der Waals surface area contributed by atoms with Gasteiger partial charge in [0, 0.05) is 38.9 Å². The van der Waals surface area contributed by atoms with Crippen molar-refractivity contribution in [3.63, 3.8) is 0 Å². The molecule has 0 bridgehead atoms. The number of hydrogen-bond donors (Lipinski definition) is 1. The topological polar surface area (TPSA) is 45.5 Å². The number of aliphatic imine (C=N–C) groups is 1. The lowest BCUT2D eigenvalue weighted by Crippen LogP contribution is -2.37. The second kappa shape index (κ2) is 8.85. The van der Waals surface area contributed by atoms with E-state index in [1.165, 1.54) is 11.1 Å². The summed E-state index contributed by atoms with van der Waals surface area (Å²) < 4.78 is 1.96. The molecule has 3 rings (SSSR count). The second-order valence-electron chi connectivity index (χ2n) is 6.27. The predicted octanol–water partition coefficient (Wildman–Crippen LogP) is 3.14. The molecular formula is C21H25N5. The van der Waals surface area contributed by atoms with Gasteiger partial charge < -0.3 is 10.2 Å². The van der Waals surface area contributed by atoms with Gasteiger partial charge >= 0.3 is 0 Å². The van der Waals surface area contributed by atoms with Crippen molar-refractivity contribution >= 4 is 5.96 Å². The Balaban J connectivity index is 1.54. The highest BCUT2D eigenvalue weighted by Crippen LogP contribution is 2.05. The first-order chi connectivity index (χ1) is 12.7. The molecule has 0 spiro atoms. The minimum Gasteiger partial charge on any atom is -0.352 e. The number of hydrogen-bond acceptors (Lipinski definition) is 2. The Morgan fingerprint density at radius 2 is 1.65 bits per heavy atom. The summed E-state index contributed by atoms with van der Waals surface area (Å²) in [7, 11) is 3.85. The average Bonchev–Trinajstić information content (AvgIpc) is 3.11. The highest BCUT2D eigenvalue weighted by molar-refractivity contribution is 5.79. The Morgan fingerprint density at radius 1 is 1.00 bits per heavy atom. The van der Waals surface area contributed by atoms with Crippen LogP contribution in [0.5, 0.6) is 0 Å². The van der Waals surface area contributed by atoms with E-state index in [4.69, 9.17) is 0 Å². The molecular weight excluding hydrogens is 322 g/mol. The summed E-state index contributed by atoms with van der Waals surface area (Å²) in [5.41, 5.74) is 3.64. The van der Waals surface area contributed by atoms with E-state index >= 15 is 0 Å². The molecule has 0 aliphatic rings. The Hall–Kier alpha value is -3.08. The molecule has 26 heavy (non-hydrogen) atoms. The van der Waals surface area contributed by atoms with Gasteiger partial charge in [0.05, 0.1) is 12.7 Å². The molecule has 0 atom stereocenters. The van der Waals surface area contributed by atoms with Crippen LogP contribution in [0.25, 0.3) is 0 Å². The summed E-state index contributed by atoms with van der Waals surface area (Å²) in [4.78, 5) is 6.49. The molecule has 2 aromatic carbocycles. The lowest BCUT2D eigenvalue weighted by atomic mass is 10.2. The first-order valence-corrected chi connectivity index (χ1v) is 8.75. The second-order valence-corrected chi connectivity index (χ2v) is 6.27. The normalized spacial score (nSPS) is 11.4.